The zero-order valence-corrected chi connectivity index (χ0v) is 17.0. The quantitative estimate of drug-likeness (QED) is 0.536. The molecule has 6 heteroatoms. The van der Waals surface area contributed by atoms with Crippen LogP contribution in [0.5, 0.6) is 5.75 Å². The largest absolute Gasteiger partial charge is 0.489 e. The summed E-state index contributed by atoms with van der Waals surface area (Å²) in [5.74, 6) is 0.133. The number of ether oxygens (including phenoxy) is 1. The monoisotopic (exact) mass is 415 g/mol. The average molecular weight is 416 g/mol. The molecule has 4 rings (SSSR count). The van der Waals surface area contributed by atoms with Gasteiger partial charge in [0.2, 0.25) is 5.91 Å². The van der Waals surface area contributed by atoms with Gasteiger partial charge < -0.3 is 21.1 Å². The third kappa shape index (κ3) is 4.18. The minimum atomic E-state index is -0.529. The molecular weight excluding hydrogens is 394 g/mol. The molecule has 0 unspecified atom stereocenters. The summed E-state index contributed by atoms with van der Waals surface area (Å²) in [4.78, 5) is 12.5. The van der Waals surface area contributed by atoms with E-state index in [1.807, 2.05) is 84.9 Å². The predicted molar refractivity (Wildman–Crippen MR) is 121 cm³/mol. The van der Waals surface area contributed by atoms with Crippen LogP contribution in [0.25, 0.3) is 5.70 Å². The lowest BCUT2D eigenvalue weighted by Crippen LogP contribution is -2.46. The molecule has 0 saturated heterocycles. The Balaban J connectivity index is 1.75. The molecule has 0 aliphatic carbocycles. The van der Waals surface area contributed by atoms with Crippen LogP contribution < -0.4 is 21.1 Å². The molecular formula is C24H21N3O2S. The van der Waals surface area contributed by atoms with Crippen molar-refractivity contribution >= 4 is 28.9 Å². The first-order valence-corrected chi connectivity index (χ1v) is 9.97. The van der Waals surface area contributed by atoms with E-state index in [-0.39, 0.29) is 0 Å². The molecule has 30 heavy (non-hydrogen) atoms. The molecule has 1 amide bonds. The number of primary amides is 1. The molecule has 1 aliphatic rings. The second-order valence-electron chi connectivity index (χ2n) is 6.86. The van der Waals surface area contributed by atoms with Crippen LogP contribution >= 0.6 is 12.2 Å². The van der Waals surface area contributed by atoms with Crippen LogP contribution in [0.15, 0.2) is 90.5 Å². The Bertz CT molecular complexity index is 1100. The van der Waals surface area contributed by atoms with Crippen molar-refractivity contribution in [2.45, 2.75) is 12.6 Å². The first-order valence-electron chi connectivity index (χ1n) is 9.56. The van der Waals surface area contributed by atoms with E-state index in [1.54, 1.807) is 0 Å². The highest BCUT2D eigenvalue weighted by Gasteiger charge is 2.32. The first kappa shape index (κ1) is 19.7. The van der Waals surface area contributed by atoms with E-state index in [2.05, 4.69) is 10.6 Å². The van der Waals surface area contributed by atoms with E-state index >= 15 is 0 Å². The van der Waals surface area contributed by atoms with Gasteiger partial charge in [-0.3, -0.25) is 4.79 Å². The summed E-state index contributed by atoms with van der Waals surface area (Å²) in [6, 6.07) is 26.5. The Morgan fingerprint density at radius 2 is 1.57 bits per heavy atom. The van der Waals surface area contributed by atoms with Crippen molar-refractivity contribution in [1.29, 1.82) is 0 Å². The Hall–Kier alpha value is -3.64. The molecule has 3 aromatic rings. The molecule has 1 heterocycles. The fourth-order valence-corrected chi connectivity index (χ4v) is 3.70. The molecule has 150 valence electrons. The Kier molecular flexibility index (Phi) is 5.77. The third-order valence-electron chi connectivity index (χ3n) is 4.87. The van der Waals surface area contributed by atoms with E-state index in [4.69, 9.17) is 22.7 Å². The molecule has 0 spiro atoms. The fraction of sp³-hybridized carbons (Fsp3) is 0.0833. The van der Waals surface area contributed by atoms with Gasteiger partial charge in [-0.1, -0.05) is 78.9 Å². The average Bonchev–Trinajstić information content (AvgIpc) is 2.78. The van der Waals surface area contributed by atoms with Crippen molar-refractivity contribution in [3.05, 3.63) is 107 Å². The van der Waals surface area contributed by atoms with Crippen LogP contribution in [0.2, 0.25) is 0 Å². The molecule has 3 aromatic carbocycles. The molecule has 0 saturated carbocycles. The van der Waals surface area contributed by atoms with Gasteiger partial charge in [0.05, 0.1) is 17.3 Å². The lowest BCUT2D eigenvalue weighted by Gasteiger charge is -2.31. The van der Waals surface area contributed by atoms with E-state index in [9.17, 15) is 4.79 Å². The summed E-state index contributed by atoms with van der Waals surface area (Å²) in [5.41, 5.74) is 9.52. The number of nitrogens with one attached hydrogen (secondary N) is 2. The van der Waals surface area contributed by atoms with Gasteiger partial charge in [0, 0.05) is 5.56 Å². The van der Waals surface area contributed by atoms with Gasteiger partial charge in [-0.25, -0.2) is 0 Å². The second kappa shape index (κ2) is 8.80. The number of thiocarbonyl (C=S) groups is 1. The lowest BCUT2D eigenvalue weighted by molar-refractivity contribution is -0.114. The smallest absolute Gasteiger partial charge is 0.249 e. The minimum absolute atomic E-state index is 0.408. The van der Waals surface area contributed by atoms with E-state index in [1.165, 1.54) is 0 Å². The van der Waals surface area contributed by atoms with Crippen LogP contribution in [0.3, 0.4) is 0 Å². The molecule has 5 nitrogen and oxygen atoms in total. The summed E-state index contributed by atoms with van der Waals surface area (Å²) in [6.07, 6.45) is 0. The highest BCUT2D eigenvalue weighted by molar-refractivity contribution is 7.80. The number of hydrogen-bond acceptors (Lipinski definition) is 3. The highest BCUT2D eigenvalue weighted by Crippen LogP contribution is 2.35. The number of benzene rings is 3. The van der Waals surface area contributed by atoms with E-state index < -0.39 is 11.9 Å². The van der Waals surface area contributed by atoms with Crippen molar-refractivity contribution in [3.63, 3.8) is 0 Å². The van der Waals surface area contributed by atoms with Gasteiger partial charge in [0.25, 0.3) is 0 Å². The SMILES string of the molecule is NC(=O)C1=C(c2ccccc2)NC(=S)N[C@H]1c1ccccc1OCc1ccccc1. The van der Waals surface area contributed by atoms with Crippen molar-refractivity contribution in [2.24, 2.45) is 5.73 Å². The normalized spacial score (nSPS) is 15.9. The minimum Gasteiger partial charge on any atom is -0.489 e. The lowest BCUT2D eigenvalue weighted by atomic mass is 9.92. The third-order valence-corrected chi connectivity index (χ3v) is 5.09. The number of carbonyl (C=O) groups excluding carboxylic acids is 1. The number of nitrogens with two attached hydrogens (primary N) is 1. The molecule has 0 radical (unpaired) electrons. The fourth-order valence-electron chi connectivity index (χ4n) is 3.48. The van der Waals surface area contributed by atoms with Gasteiger partial charge in [-0.2, -0.15) is 0 Å². The second-order valence-corrected chi connectivity index (χ2v) is 7.27. The van der Waals surface area contributed by atoms with Crippen LogP contribution in [0.4, 0.5) is 0 Å². The maximum absolute atomic E-state index is 12.5. The maximum Gasteiger partial charge on any atom is 0.249 e. The Labute approximate surface area is 180 Å². The van der Waals surface area contributed by atoms with Crippen molar-refractivity contribution in [3.8, 4) is 5.75 Å². The maximum atomic E-state index is 12.5. The van der Waals surface area contributed by atoms with Crippen molar-refractivity contribution in [1.82, 2.24) is 10.6 Å². The van der Waals surface area contributed by atoms with E-state index in [0.717, 1.165) is 16.7 Å². The van der Waals surface area contributed by atoms with Gasteiger partial charge >= 0.3 is 0 Å². The number of hydrogen-bond donors (Lipinski definition) is 3. The zero-order chi connectivity index (χ0) is 20.9. The van der Waals surface area contributed by atoms with Crippen LogP contribution in [-0.4, -0.2) is 11.0 Å². The summed E-state index contributed by atoms with van der Waals surface area (Å²) >= 11 is 5.43. The molecule has 4 N–H and O–H groups in total. The van der Waals surface area contributed by atoms with Gasteiger partial charge in [-0.05, 0) is 29.4 Å². The molecule has 1 atom stereocenters. The first-order chi connectivity index (χ1) is 14.6. The van der Waals surface area contributed by atoms with Crippen LogP contribution in [0.1, 0.15) is 22.7 Å². The Morgan fingerprint density at radius 1 is 0.933 bits per heavy atom. The summed E-state index contributed by atoms with van der Waals surface area (Å²) in [5, 5.41) is 6.70. The Morgan fingerprint density at radius 3 is 2.27 bits per heavy atom. The zero-order valence-electron chi connectivity index (χ0n) is 16.2. The molecule has 1 aliphatic heterocycles. The van der Waals surface area contributed by atoms with Crippen LogP contribution in [-0.2, 0) is 11.4 Å². The molecule has 0 bridgehead atoms. The standard InChI is InChI=1S/C24H21N3O2S/c25-23(28)20-21(17-11-5-2-6-12-17)26-24(30)27-22(20)18-13-7-8-14-19(18)29-15-16-9-3-1-4-10-16/h1-14,22H,15H2,(H2,25,28)(H2,26,27,30)/t22-/m0/s1. The van der Waals surface area contributed by atoms with Gasteiger partial charge in [0.15, 0.2) is 5.11 Å². The van der Waals surface area contributed by atoms with Gasteiger partial charge in [0.1, 0.15) is 12.4 Å². The number of rotatable bonds is 6. The summed E-state index contributed by atoms with van der Waals surface area (Å²) in [7, 11) is 0. The van der Waals surface area contributed by atoms with Crippen molar-refractivity contribution < 1.29 is 9.53 Å². The van der Waals surface area contributed by atoms with Crippen LogP contribution in [0, 0.1) is 0 Å². The van der Waals surface area contributed by atoms with Gasteiger partial charge in [-0.15, -0.1) is 0 Å². The molecule has 0 aromatic heterocycles. The van der Waals surface area contributed by atoms with Crippen molar-refractivity contribution in [2.75, 3.05) is 0 Å². The molecule has 0 fully saturated rings. The highest BCUT2D eigenvalue weighted by atomic mass is 32.1. The number of amides is 1. The number of para-hydroxylation sites is 1. The summed E-state index contributed by atoms with van der Waals surface area (Å²) < 4.78 is 6.10. The van der Waals surface area contributed by atoms with E-state index in [0.29, 0.717) is 28.7 Å². The topological polar surface area (TPSA) is 76.4 Å². The summed E-state index contributed by atoms with van der Waals surface area (Å²) in [6.45, 7) is 0.411. The number of carbonyl (C=O) groups is 1. The predicted octanol–water partition coefficient (Wildman–Crippen LogP) is 3.68.